The van der Waals surface area contributed by atoms with Crippen LogP contribution in [0.5, 0.6) is 0 Å². The Balaban J connectivity index is 2.07. The second kappa shape index (κ2) is 6.68. The van der Waals surface area contributed by atoms with Gasteiger partial charge >= 0.3 is 0 Å². The van der Waals surface area contributed by atoms with Gasteiger partial charge in [-0.25, -0.2) is 0 Å². The highest BCUT2D eigenvalue weighted by atomic mass is 16.5. The lowest BCUT2D eigenvalue weighted by Crippen LogP contribution is -2.45. The van der Waals surface area contributed by atoms with Crippen LogP contribution in [0.3, 0.4) is 0 Å². The van der Waals surface area contributed by atoms with Gasteiger partial charge in [-0.3, -0.25) is 4.79 Å². The summed E-state index contributed by atoms with van der Waals surface area (Å²) in [5.41, 5.74) is 1.73. The predicted molar refractivity (Wildman–Crippen MR) is 72.9 cm³/mol. The standard InChI is InChI=1S/C15H21NO3/c1-19-11-12-5-7-13(8-6-12)15(18)16(9-10-17)14-3-2-4-14/h5-8,14,17H,2-4,9-11H2,1H3. The Morgan fingerprint density at radius 3 is 2.53 bits per heavy atom. The van der Waals surface area contributed by atoms with Crippen LogP contribution in [0, 0.1) is 0 Å². The molecule has 2 rings (SSSR count). The zero-order valence-corrected chi connectivity index (χ0v) is 11.3. The van der Waals surface area contributed by atoms with Gasteiger partial charge in [-0.15, -0.1) is 0 Å². The van der Waals surface area contributed by atoms with Gasteiger partial charge in [-0.1, -0.05) is 12.1 Å². The lowest BCUT2D eigenvalue weighted by Gasteiger charge is -2.37. The first-order chi connectivity index (χ1) is 9.26. The highest BCUT2D eigenvalue weighted by Gasteiger charge is 2.28. The molecule has 0 radical (unpaired) electrons. The molecule has 0 aromatic heterocycles. The highest BCUT2D eigenvalue weighted by molar-refractivity contribution is 5.94. The molecule has 1 amide bonds. The number of hydrogen-bond acceptors (Lipinski definition) is 3. The number of aliphatic hydroxyl groups excluding tert-OH is 1. The number of ether oxygens (including phenoxy) is 1. The highest BCUT2D eigenvalue weighted by Crippen LogP contribution is 2.26. The first kappa shape index (κ1) is 14.0. The number of hydrogen-bond donors (Lipinski definition) is 1. The van der Waals surface area contributed by atoms with Gasteiger partial charge in [0.25, 0.3) is 5.91 Å². The van der Waals surface area contributed by atoms with E-state index in [0.717, 1.165) is 18.4 Å². The molecular weight excluding hydrogens is 242 g/mol. The molecule has 1 aromatic rings. The minimum absolute atomic E-state index is 0.0164. The van der Waals surface area contributed by atoms with Crippen molar-refractivity contribution in [1.82, 2.24) is 4.90 Å². The molecule has 0 bridgehead atoms. The molecule has 1 fully saturated rings. The van der Waals surface area contributed by atoms with E-state index in [1.54, 1.807) is 12.0 Å². The Hall–Kier alpha value is -1.39. The van der Waals surface area contributed by atoms with Gasteiger partial charge in [-0.2, -0.15) is 0 Å². The second-order valence-corrected chi connectivity index (χ2v) is 4.94. The van der Waals surface area contributed by atoms with Gasteiger partial charge in [0.05, 0.1) is 13.2 Å². The van der Waals surface area contributed by atoms with E-state index in [-0.39, 0.29) is 12.5 Å². The quantitative estimate of drug-likeness (QED) is 0.851. The van der Waals surface area contributed by atoms with E-state index in [4.69, 9.17) is 9.84 Å². The van der Waals surface area contributed by atoms with E-state index < -0.39 is 0 Å². The lowest BCUT2D eigenvalue weighted by molar-refractivity contribution is 0.0525. The summed E-state index contributed by atoms with van der Waals surface area (Å²) in [4.78, 5) is 14.2. The summed E-state index contributed by atoms with van der Waals surface area (Å²) in [5, 5.41) is 9.10. The molecule has 0 saturated heterocycles. The van der Waals surface area contributed by atoms with Crippen LogP contribution < -0.4 is 0 Å². The smallest absolute Gasteiger partial charge is 0.254 e. The topological polar surface area (TPSA) is 49.8 Å². The number of carbonyl (C=O) groups excluding carboxylic acids is 1. The van der Waals surface area contributed by atoms with Gasteiger partial charge < -0.3 is 14.7 Å². The number of benzene rings is 1. The van der Waals surface area contributed by atoms with Crippen molar-refractivity contribution in [2.75, 3.05) is 20.3 Å². The molecule has 1 aliphatic carbocycles. The molecule has 1 saturated carbocycles. The molecular formula is C15H21NO3. The molecule has 4 heteroatoms. The molecule has 0 atom stereocenters. The number of rotatable bonds is 6. The minimum Gasteiger partial charge on any atom is -0.395 e. The van der Waals surface area contributed by atoms with Gasteiger partial charge in [0.2, 0.25) is 0 Å². The fraction of sp³-hybridized carbons (Fsp3) is 0.533. The van der Waals surface area contributed by atoms with Crippen molar-refractivity contribution < 1.29 is 14.6 Å². The van der Waals surface area contributed by atoms with E-state index in [0.29, 0.717) is 24.8 Å². The Morgan fingerprint density at radius 1 is 1.37 bits per heavy atom. The summed E-state index contributed by atoms with van der Waals surface area (Å²) < 4.78 is 5.05. The number of aliphatic hydroxyl groups is 1. The van der Waals surface area contributed by atoms with Crippen molar-refractivity contribution in [3.63, 3.8) is 0 Å². The fourth-order valence-electron chi connectivity index (χ4n) is 2.33. The van der Waals surface area contributed by atoms with Crippen LogP contribution in [0.2, 0.25) is 0 Å². The predicted octanol–water partition coefficient (Wildman–Crippen LogP) is 1.82. The van der Waals surface area contributed by atoms with Crippen molar-refractivity contribution >= 4 is 5.91 Å². The third-order valence-electron chi connectivity index (χ3n) is 3.63. The third kappa shape index (κ3) is 3.33. The Kier molecular flexibility index (Phi) is 4.93. The van der Waals surface area contributed by atoms with E-state index >= 15 is 0 Å². The average Bonchev–Trinajstić information content (AvgIpc) is 2.37. The van der Waals surface area contributed by atoms with Crippen LogP contribution >= 0.6 is 0 Å². The van der Waals surface area contributed by atoms with Gasteiger partial charge in [-0.05, 0) is 37.0 Å². The molecule has 0 unspecified atom stereocenters. The molecule has 4 nitrogen and oxygen atoms in total. The SMILES string of the molecule is COCc1ccc(C(=O)N(CCO)C2CCC2)cc1. The van der Waals surface area contributed by atoms with Crippen molar-refractivity contribution in [1.29, 1.82) is 0 Å². The van der Waals surface area contributed by atoms with Crippen LogP contribution in [-0.2, 0) is 11.3 Å². The van der Waals surface area contributed by atoms with Crippen molar-refractivity contribution in [2.45, 2.75) is 31.9 Å². The maximum atomic E-state index is 12.4. The van der Waals surface area contributed by atoms with Gasteiger partial charge in [0.1, 0.15) is 0 Å². The van der Waals surface area contributed by atoms with Crippen LogP contribution in [0.1, 0.15) is 35.2 Å². The maximum absolute atomic E-state index is 12.4. The summed E-state index contributed by atoms with van der Waals surface area (Å²) in [6.07, 6.45) is 3.27. The number of nitrogens with zero attached hydrogens (tertiary/aromatic N) is 1. The Labute approximate surface area is 114 Å². The summed E-state index contributed by atoms with van der Waals surface area (Å²) in [6, 6.07) is 7.79. The number of amides is 1. The minimum atomic E-state index is 0.0164. The van der Waals surface area contributed by atoms with Crippen LogP contribution in [0.25, 0.3) is 0 Å². The molecule has 19 heavy (non-hydrogen) atoms. The fourth-order valence-corrected chi connectivity index (χ4v) is 2.33. The first-order valence-corrected chi connectivity index (χ1v) is 6.76. The summed E-state index contributed by atoms with van der Waals surface area (Å²) >= 11 is 0. The van der Waals surface area contributed by atoms with Crippen molar-refractivity contribution in [3.05, 3.63) is 35.4 Å². The molecule has 1 aliphatic rings. The maximum Gasteiger partial charge on any atom is 0.254 e. The molecule has 0 heterocycles. The van der Waals surface area contributed by atoms with E-state index in [2.05, 4.69) is 0 Å². The first-order valence-electron chi connectivity index (χ1n) is 6.76. The number of methoxy groups -OCH3 is 1. The summed E-state index contributed by atoms with van der Waals surface area (Å²) in [7, 11) is 1.65. The lowest BCUT2D eigenvalue weighted by atomic mass is 9.91. The van der Waals surface area contributed by atoms with Gasteiger partial charge in [0.15, 0.2) is 0 Å². The molecule has 1 N–H and O–H groups in total. The van der Waals surface area contributed by atoms with Crippen molar-refractivity contribution in [2.24, 2.45) is 0 Å². The van der Waals surface area contributed by atoms with Crippen LogP contribution in [0.4, 0.5) is 0 Å². The van der Waals surface area contributed by atoms with E-state index in [9.17, 15) is 4.79 Å². The normalized spacial score (nSPS) is 15.1. The molecule has 104 valence electrons. The van der Waals surface area contributed by atoms with E-state index in [1.807, 2.05) is 24.3 Å². The monoisotopic (exact) mass is 263 g/mol. The second-order valence-electron chi connectivity index (χ2n) is 4.94. The zero-order valence-electron chi connectivity index (χ0n) is 11.3. The summed E-state index contributed by atoms with van der Waals surface area (Å²) in [5.74, 6) is 0.0164. The van der Waals surface area contributed by atoms with Crippen LogP contribution in [-0.4, -0.2) is 42.2 Å². The Morgan fingerprint density at radius 2 is 2.05 bits per heavy atom. The van der Waals surface area contributed by atoms with Gasteiger partial charge in [0, 0.05) is 25.3 Å². The summed E-state index contributed by atoms with van der Waals surface area (Å²) in [6.45, 7) is 0.991. The number of carbonyl (C=O) groups is 1. The average molecular weight is 263 g/mol. The molecule has 0 spiro atoms. The molecule has 0 aliphatic heterocycles. The van der Waals surface area contributed by atoms with Crippen molar-refractivity contribution in [3.8, 4) is 0 Å². The van der Waals surface area contributed by atoms with Crippen LogP contribution in [0.15, 0.2) is 24.3 Å². The molecule has 1 aromatic carbocycles. The van der Waals surface area contributed by atoms with E-state index in [1.165, 1.54) is 6.42 Å². The zero-order chi connectivity index (χ0) is 13.7. The largest absolute Gasteiger partial charge is 0.395 e. The Bertz CT molecular complexity index is 412. The third-order valence-corrected chi connectivity index (χ3v) is 3.63.